The number of guanidine groups is 1. The predicted octanol–water partition coefficient (Wildman–Crippen LogP) is 3.21. The Balaban J connectivity index is 1.49. The third kappa shape index (κ3) is 5.93. The molecule has 0 aromatic carbocycles. The summed E-state index contributed by atoms with van der Waals surface area (Å²) in [7, 11) is 2.17. The van der Waals surface area contributed by atoms with Crippen molar-refractivity contribution in [2.45, 2.75) is 52.1 Å². The highest BCUT2D eigenvalue weighted by Crippen LogP contribution is 2.25. The van der Waals surface area contributed by atoms with Gasteiger partial charge in [0.15, 0.2) is 5.96 Å². The molecule has 0 amide bonds. The van der Waals surface area contributed by atoms with Gasteiger partial charge in [0.1, 0.15) is 0 Å². The minimum Gasteiger partial charge on any atom is -0.381 e. The number of ether oxygens (including phenoxy) is 1. The van der Waals surface area contributed by atoms with E-state index in [0.29, 0.717) is 6.04 Å². The first-order valence-corrected chi connectivity index (χ1v) is 11.4. The average molecular weight is 393 g/mol. The summed E-state index contributed by atoms with van der Waals surface area (Å²) < 4.78 is 5.48. The van der Waals surface area contributed by atoms with Crippen molar-refractivity contribution < 1.29 is 4.74 Å². The Morgan fingerprint density at radius 3 is 3.04 bits per heavy atom. The number of aliphatic imine (C=N–C) groups is 1. The van der Waals surface area contributed by atoms with Crippen LogP contribution in [0, 0.1) is 5.92 Å². The number of nitrogens with one attached hydrogen (secondary N) is 1. The van der Waals surface area contributed by atoms with Crippen molar-refractivity contribution in [1.82, 2.24) is 15.1 Å². The van der Waals surface area contributed by atoms with Crippen LogP contribution in [-0.2, 0) is 17.7 Å². The molecule has 5 nitrogen and oxygen atoms in total. The minimum absolute atomic E-state index is 0.468. The van der Waals surface area contributed by atoms with Crippen LogP contribution >= 0.6 is 11.3 Å². The van der Waals surface area contributed by atoms with Gasteiger partial charge in [-0.1, -0.05) is 0 Å². The Labute approximate surface area is 168 Å². The van der Waals surface area contributed by atoms with Crippen molar-refractivity contribution in [2.24, 2.45) is 10.9 Å². The Kier molecular flexibility index (Phi) is 7.97. The lowest BCUT2D eigenvalue weighted by atomic mass is 9.96. The van der Waals surface area contributed by atoms with Crippen LogP contribution in [0.25, 0.3) is 0 Å². The zero-order valence-electron chi connectivity index (χ0n) is 17.2. The number of thiophene rings is 1. The second-order valence-electron chi connectivity index (χ2n) is 7.90. The molecule has 0 radical (unpaired) electrons. The van der Waals surface area contributed by atoms with E-state index in [1.54, 1.807) is 4.88 Å². The first-order valence-electron chi connectivity index (χ1n) is 10.5. The molecular formula is C21H36N4OS. The van der Waals surface area contributed by atoms with Crippen molar-refractivity contribution in [2.75, 3.05) is 46.4 Å². The summed E-state index contributed by atoms with van der Waals surface area (Å²) in [6.45, 7) is 11.4. The fraction of sp³-hybridized carbons (Fsp3) is 0.762. The van der Waals surface area contributed by atoms with E-state index in [0.717, 1.165) is 57.8 Å². The molecule has 1 fully saturated rings. The van der Waals surface area contributed by atoms with Crippen LogP contribution in [0.4, 0.5) is 0 Å². The Hall–Kier alpha value is -1.11. The van der Waals surface area contributed by atoms with Crippen molar-refractivity contribution in [3.05, 3.63) is 21.9 Å². The second-order valence-corrected chi connectivity index (χ2v) is 8.90. The van der Waals surface area contributed by atoms with Gasteiger partial charge in [-0.15, -0.1) is 11.3 Å². The number of hydrogen-bond donors (Lipinski definition) is 1. The van der Waals surface area contributed by atoms with Gasteiger partial charge in [0.05, 0.1) is 6.54 Å². The normalized spacial score (nSPS) is 20.3. The number of hydrogen-bond acceptors (Lipinski definition) is 4. The van der Waals surface area contributed by atoms with Crippen molar-refractivity contribution >= 4 is 17.3 Å². The molecule has 2 aliphatic rings. The van der Waals surface area contributed by atoms with Crippen LogP contribution < -0.4 is 5.32 Å². The first kappa shape index (κ1) is 20.6. The molecule has 27 heavy (non-hydrogen) atoms. The quantitative estimate of drug-likeness (QED) is 0.571. The van der Waals surface area contributed by atoms with E-state index in [-0.39, 0.29) is 0 Å². The minimum atomic E-state index is 0.468. The monoisotopic (exact) mass is 392 g/mol. The highest BCUT2D eigenvalue weighted by atomic mass is 32.1. The van der Waals surface area contributed by atoms with E-state index in [1.807, 2.05) is 11.3 Å². The molecule has 0 bridgehead atoms. The highest BCUT2D eigenvalue weighted by Gasteiger charge is 2.21. The standard InChI is InChI=1S/C21H36N4OS/c1-4-22-21(24(3)10-5-18-7-12-26-13-8-18)23-15-17(2)25-11-6-20-19(16-25)9-14-27-20/h9,14,17-18H,4-8,10-13,15-16H2,1-3H3,(H,22,23). The van der Waals surface area contributed by atoms with Crippen LogP contribution in [0.15, 0.2) is 16.4 Å². The molecule has 2 aliphatic heterocycles. The molecule has 0 saturated carbocycles. The topological polar surface area (TPSA) is 40.1 Å². The van der Waals surface area contributed by atoms with Crippen molar-refractivity contribution in [3.8, 4) is 0 Å². The summed E-state index contributed by atoms with van der Waals surface area (Å²) >= 11 is 1.91. The molecule has 152 valence electrons. The molecule has 3 heterocycles. The molecular weight excluding hydrogens is 356 g/mol. The summed E-state index contributed by atoms with van der Waals surface area (Å²) in [6.07, 6.45) is 4.83. The van der Waals surface area contributed by atoms with Crippen LogP contribution in [0.1, 0.15) is 43.6 Å². The molecule has 1 unspecified atom stereocenters. The molecule has 0 spiro atoms. The Morgan fingerprint density at radius 2 is 2.26 bits per heavy atom. The van der Waals surface area contributed by atoms with E-state index < -0.39 is 0 Å². The maximum atomic E-state index is 5.48. The summed E-state index contributed by atoms with van der Waals surface area (Å²) in [6, 6.07) is 2.76. The summed E-state index contributed by atoms with van der Waals surface area (Å²) in [5, 5.41) is 5.70. The third-order valence-corrected chi connectivity index (χ3v) is 6.90. The maximum absolute atomic E-state index is 5.48. The zero-order chi connectivity index (χ0) is 19.1. The Bertz CT molecular complexity index is 597. The smallest absolute Gasteiger partial charge is 0.193 e. The highest BCUT2D eigenvalue weighted by molar-refractivity contribution is 7.10. The van der Waals surface area contributed by atoms with Gasteiger partial charge >= 0.3 is 0 Å². The average Bonchev–Trinajstić information content (AvgIpc) is 3.17. The molecule has 1 saturated heterocycles. The van der Waals surface area contributed by atoms with Crippen molar-refractivity contribution in [1.29, 1.82) is 0 Å². The molecule has 1 aromatic rings. The molecule has 1 atom stereocenters. The van der Waals surface area contributed by atoms with E-state index in [2.05, 4.69) is 47.5 Å². The van der Waals surface area contributed by atoms with Gasteiger partial charge in [-0.05, 0) is 62.5 Å². The Morgan fingerprint density at radius 1 is 1.44 bits per heavy atom. The number of nitrogens with zero attached hydrogens (tertiary/aromatic N) is 3. The summed E-state index contributed by atoms with van der Waals surface area (Å²) in [5.41, 5.74) is 1.52. The van der Waals surface area contributed by atoms with E-state index in [9.17, 15) is 0 Å². The largest absolute Gasteiger partial charge is 0.381 e. The number of fused-ring (bicyclic) bond motifs is 1. The van der Waals surface area contributed by atoms with E-state index in [4.69, 9.17) is 9.73 Å². The first-order chi connectivity index (χ1) is 13.2. The lowest BCUT2D eigenvalue weighted by Crippen LogP contribution is -2.42. The predicted molar refractivity (Wildman–Crippen MR) is 115 cm³/mol. The lowest BCUT2D eigenvalue weighted by Gasteiger charge is -2.32. The van der Waals surface area contributed by atoms with Crippen LogP contribution in [0.3, 0.4) is 0 Å². The van der Waals surface area contributed by atoms with Crippen LogP contribution in [0.5, 0.6) is 0 Å². The summed E-state index contributed by atoms with van der Waals surface area (Å²) in [5.74, 6) is 1.85. The van der Waals surface area contributed by atoms with Gasteiger partial charge in [-0.2, -0.15) is 0 Å². The second kappa shape index (κ2) is 10.4. The van der Waals surface area contributed by atoms with Gasteiger partial charge in [-0.3, -0.25) is 9.89 Å². The van der Waals surface area contributed by atoms with Crippen LogP contribution in [-0.4, -0.2) is 68.2 Å². The molecule has 1 N–H and O–H groups in total. The van der Waals surface area contributed by atoms with Gasteiger partial charge in [0, 0.05) is 57.4 Å². The zero-order valence-corrected chi connectivity index (χ0v) is 18.1. The van der Waals surface area contributed by atoms with Crippen molar-refractivity contribution in [3.63, 3.8) is 0 Å². The molecule has 3 rings (SSSR count). The van der Waals surface area contributed by atoms with Gasteiger partial charge in [-0.25, -0.2) is 0 Å². The molecule has 6 heteroatoms. The summed E-state index contributed by atoms with van der Waals surface area (Å²) in [4.78, 5) is 11.4. The van der Waals surface area contributed by atoms with Crippen LogP contribution in [0.2, 0.25) is 0 Å². The number of rotatable bonds is 7. The van der Waals surface area contributed by atoms with Gasteiger partial charge < -0.3 is 15.0 Å². The van der Waals surface area contributed by atoms with E-state index in [1.165, 1.54) is 31.2 Å². The fourth-order valence-electron chi connectivity index (χ4n) is 3.97. The van der Waals surface area contributed by atoms with Gasteiger partial charge in [0.2, 0.25) is 0 Å². The molecule has 0 aliphatic carbocycles. The lowest BCUT2D eigenvalue weighted by molar-refractivity contribution is 0.0625. The van der Waals surface area contributed by atoms with E-state index >= 15 is 0 Å². The third-order valence-electron chi connectivity index (χ3n) is 5.88. The molecule has 1 aromatic heterocycles. The van der Waals surface area contributed by atoms with Gasteiger partial charge in [0.25, 0.3) is 0 Å². The SMILES string of the molecule is CCNC(=NCC(C)N1CCc2sccc2C1)N(C)CCC1CCOCC1. The maximum Gasteiger partial charge on any atom is 0.193 e. The fourth-order valence-corrected chi connectivity index (χ4v) is 4.86.